The van der Waals surface area contributed by atoms with E-state index in [9.17, 15) is 23.3 Å². The first-order valence-electron chi connectivity index (χ1n) is 13.1. The molecule has 13 heteroatoms. The zero-order valence-electron chi connectivity index (χ0n) is 25.0. The monoisotopic (exact) mass is 597 g/mol. The third kappa shape index (κ3) is 8.00. The maximum atomic E-state index is 13.8. The maximum absolute atomic E-state index is 13.8. The van der Waals surface area contributed by atoms with Gasteiger partial charge >= 0.3 is 6.09 Å². The van der Waals surface area contributed by atoms with Crippen molar-refractivity contribution < 1.29 is 32.1 Å². The van der Waals surface area contributed by atoms with Crippen LogP contribution in [-0.2, 0) is 24.0 Å². The summed E-state index contributed by atoms with van der Waals surface area (Å²) in [6, 6.07) is 3.51. The Morgan fingerprint density at radius 2 is 1.82 bits per heavy atom. The Morgan fingerprint density at radius 1 is 1.23 bits per heavy atom. The molecule has 1 amide bonds. The van der Waals surface area contributed by atoms with Gasteiger partial charge in [0.05, 0.1) is 30.2 Å². The van der Waals surface area contributed by atoms with E-state index in [4.69, 9.17) is 14.0 Å². The molecule has 1 aromatic rings. The fourth-order valence-corrected chi connectivity index (χ4v) is 6.35. The van der Waals surface area contributed by atoms with Gasteiger partial charge in [-0.15, -0.1) is 6.58 Å². The molecular weight excluding hydrogens is 554 g/mol. The standard InChI is InChI=1S/C27H43N3O8SSi/c1-11-16-36-30(39(34,35)24-15-13-12-14-22(24)29(32)33)21-17-20(2)23(19-37-40(9,10)27(6,7)8)28(18-21)25(31)38-26(3,4)5/h11-15,17,21,23H,1,16,18-19H2,2-10H3. The number of sulfonamides is 1. The average molecular weight is 598 g/mol. The number of ether oxygens (including phenoxy) is 1. The van der Waals surface area contributed by atoms with Gasteiger partial charge in [0.15, 0.2) is 13.2 Å². The Balaban J connectivity index is 2.59. The number of nitrogens with zero attached hydrogens (tertiary/aromatic N) is 3. The molecule has 0 N–H and O–H groups in total. The number of benzene rings is 1. The van der Waals surface area contributed by atoms with Crippen LogP contribution in [0.15, 0.2) is 53.5 Å². The molecule has 2 unspecified atom stereocenters. The van der Waals surface area contributed by atoms with Gasteiger partial charge in [0.25, 0.3) is 15.7 Å². The molecule has 0 aromatic heterocycles. The zero-order valence-corrected chi connectivity index (χ0v) is 26.8. The van der Waals surface area contributed by atoms with Crippen molar-refractivity contribution in [1.82, 2.24) is 9.37 Å². The third-order valence-corrected chi connectivity index (χ3v) is 13.2. The third-order valence-electron chi connectivity index (χ3n) is 6.94. The molecule has 0 spiro atoms. The minimum atomic E-state index is -4.55. The molecule has 1 aromatic carbocycles. The number of rotatable bonds is 10. The molecule has 0 saturated heterocycles. The predicted octanol–water partition coefficient (Wildman–Crippen LogP) is 5.66. The van der Waals surface area contributed by atoms with E-state index in [2.05, 4.69) is 40.4 Å². The lowest BCUT2D eigenvalue weighted by molar-refractivity contribution is -0.388. The number of hydrogen-bond acceptors (Lipinski definition) is 8. The van der Waals surface area contributed by atoms with Crippen LogP contribution in [0.5, 0.6) is 0 Å². The second-order valence-electron chi connectivity index (χ2n) is 12.3. The van der Waals surface area contributed by atoms with Gasteiger partial charge in [-0.05, 0) is 51.9 Å². The smallest absolute Gasteiger partial charge is 0.410 e. The van der Waals surface area contributed by atoms with Crippen molar-refractivity contribution in [3.05, 3.63) is 58.7 Å². The summed E-state index contributed by atoms with van der Waals surface area (Å²) in [7, 11) is -6.74. The molecule has 40 heavy (non-hydrogen) atoms. The molecular formula is C27H43N3O8SSi. The summed E-state index contributed by atoms with van der Waals surface area (Å²) in [4.78, 5) is 30.9. The van der Waals surface area contributed by atoms with Crippen molar-refractivity contribution in [2.75, 3.05) is 19.8 Å². The van der Waals surface area contributed by atoms with Crippen molar-refractivity contribution in [2.24, 2.45) is 0 Å². The number of amides is 1. The van der Waals surface area contributed by atoms with E-state index in [0.717, 1.165) is 12.1 Å². The number of carbonyl (C=O) groups is 1. The van der Waals surface area contributed by atoms with Crippen LogP contribution < -0.4 is 0 Å². The molecule has 224 valence electrons. The average Bonchev–Trinajstić information content (AvgIpc) is 2.81. The summed E-state index contributed by atoms with van der Waals surface area (Å²) < 4.78 is 40.5. The molecule has 2 rings (SSSR count). The zero-order chi connectivity index (χ0) is 30.7. The van der Waals surface area contributed by atoms with E-state index in [1.807, 2.05) is 0 Å². The van der Waals surface area contributed by atoms with Crippen molar-refractivity contribution in [1.29, 1.82) is 0 Å². The van der Waals surface area contributed by atoms with Crippen LogP contribution in [0.25, 0.3) is 0 Å². The molecule has 0 fully saturated rings. The Morgan fingerprint density at radius 3 is 2.35 bits per heavy atom. The Bertz CT molecular complexity index is 1230. The van der Waals surface area contributed by atoms with Gasteiger partial charge in [-0.25, -0.2) is 13.2 Å². The molecule has 2 atom stereocenters. The highest BCUT2D eigenvalue weighted by Gasteiger charge is 2.44. The van der Waals surface area contributed by atoms with E-state index in [1.165, 1.54) is 23.1 Å². The minimum absolute atomic E-state index is 0.0631. The van der Waals surface area contributed by atoms with Crippen LogP contribution in [-0.4, -0.2) is 74.6 Å². The van der Waals surface area contributed by atoms with Gasteiger partial charge in [0.1, 0.15) is 5.60 Å². The van der Waals surface area contributed by atoms with Crippen LogP contribution in [0, 0.1) is 10.1 Å². The summed E-state index contributed by atoms with van der Waals surface area (Å²) in [5.74, 6) is 0. The molecule has 0 radical (unpaired) electrons. The van der Waals surface area contributed by atoms with Crippen LogP contribution in [0.3, 0.4) is 0 Å². The first-order chi connectivity index (χ1) is 18.2. The Labute approximate surface area is 239 Å². The first-order valence-corrected chi connectivity index (χ1v) is 17.4. The van der Waals surface area contributed by atoms with Gasteiger partial charge < -0.3 is 9.16 Å². The van der Waals surface area contributed by atoms with Gasteiger partial charge in [0.2, 0.25) is 0 Å². The molecule has 0 saturated carbocycles. The summed E-state index contributed by atoms with van der Waals surface area (Å²) in [5, 5.41) is 11.6. The summed E-state index contributed by atoms with van der Waals surface area (Å²) >= 11 is 0. The highest BCUT2D eigenvalue weighted by atomic mass is 32.2. The summed E-state index contributed by atoms with van der Waals surface area (Å²) in [5.41, 5.74) is -0.718. The van der Waals surface area contributed by atoms with E-state index in [-0.39, 0.29) is 24.8 Å². The molecule has 0 aliphatic carbocycles. The van der Waals surface area contributed by atoms with Crippen molar-refractivity contribution >= 4 is 30.1 Å². The molecule has 1 aliphatic rings. The fourth-order valence-electron chi connectivity index (χ4n) is 3.81. The quantitative estimate of drug-likeness (QED) is 0.146. The number of carbonyl (C=O) groups excluding carboxylic acids is 1. The van der Waals surface area contributed by atoms with Crippen LogP contribution in [0.4, 0.5) is 10.5 Å². The number of hydrogen-bond donors (Lipinski definition) is 0. The second kappa shape index (κ2) is 12.5. The molecule has 11 nitrogen and oxygen atoms in total. The lowest BCUT2D eigenvalue weighted by Gasteiger charge is -2.43. The van der Waals surface area contributed by atoms with Gasteiger partial charge in [0, 0.05) is 12.6 Å². The van der Waals surface area contributed by atoms with Crippen molar-refractivity contribution in [3.8, 4) is 0 Å². The maximum Gasteiger partial charge on any atom is 0.410 e. The molecule has 1 heterocycles. The molecule has 0 bridgehead atoms. The lowest BCUT2D eigenvalue weighted by atomic mass is 10.00. The molecule has 1 aliphatic heterocycles. The Kier molecular flexibility index (Phi) is 10.5. The highest BCUT2D eigenvalue weighted by molar-refractivity contribution is 7.89. The highest BCUT2D eigenvalue weighted by Crippen LogP contribution is 2.38. The van der Waals surface area contributed by atoms with Gasteiger partial charge in [-0.3, -0.25) is 19.9 Å². The van der Waals surface area contributed by atoms with E-state index < -0.39 is 57.6 Å². The normalized spacial score (nSPS) is 18.9. The van der Waals surface area contributed by atoms with Crippen LogP contribution in [0.2, 0.25) is 18.1 Å². The SMILES string of the molecule is C=CCON(C1C=C(C)C(CO[Si](C)(C)C(C)(C)C)N(C(=O)OC(C)(C)C)C1)S(=O)(=O)c1ccccc1[N+](=O)[O-]. The second-order valence-corrected chi connectivity index (χ2v) is 18.8. The predicted molar refractivity (Wildman–Crippen MR) is 156 cm³/mol. The number of para-hydroxylation sites is 1. The lowest BCUT2D eigenvalue weighted by Crippen LogP contribution is -2.57. The van der Waals surface area contributed by atoms with Crippen molar-refractivity contribution in [3.63, 3.8) is 0 Å². The van der Waals surface area contributed by atoms with Crippen molar-refractivity contribution in [2.45, 2.75) is 89.2 Å². The largest absolute Gasteiger partial charge is 0.444 e. The Hall–Kier alpha value is -2.58. The first kappa shape index (κ1) is 33.6. The van der Waals surface area contributed by atoms with Crippen LogP contribution >= 0.6 is 0 Å². The van der Waals surface area contributed by atoms with Gasteiger partial charge in [-0.1, -0.05) is 55.1 Å². The topological polar surface area (TPSA) is 129 Å². The van der Waals surface area contributed by atoms with Gasteiger partial charge in [-0.2, -0.15) is 0 Å². The number of nitro benzene ring substituents is 1. The number of hydroxylamine groups is 1. The minimum Gasteiger partial charge on any atom is -0.444 e. The fraction of sp³-hybridized carbons (Fsp3) is 0.593. The van der Waals surface area contributed by atoms with E-state index in [1.54, 1.807) is 33.8 Å². The summed E-state index contributed by atoms with van der Waals surface area (Å²) in [6.45, 7) is 21.1. The van der Waals surface area contributed by atoms with E-state index >= 15 is 0 Å². The van der Waals surface area contributed by atoms with E-state index in [0.29, 0.717) is 10.0 Å². The van der Waals surface area contributed by atoms with Crippen LogP contribution in [0.1, 0.15) is 48.5 Å². The summed E-state index contributed by atoms with van der Waals surface area (Å²) in [6.07, 6.45) is 2.42. The number of nitro groups is 1.